The third-order valence-corrected chi connectivity index (χ3v) is 4.93. The molecule has 0 aromatic heterocycles. The first-order valence-electron chi connectivity index (χ1n) is 8.75. The molecule has 1 aromatic carbocycles. The molecule has 2 rings (SSSR count). The summed E-state index contributed by atoms with van der Waals surface area (Å²) in [6, 6.07) is 3.77. The molecule has 0 bridgehead atoms. The highest BCUT2D eigenvalue weighted by Crippen LogP contribution is 2.33. The molecule has 0 aliphatic heterocycles. The van der Waals surface area contributed by atoms with Crippen molar-refractivity contribution in [2.24, 2.45) is 5.92 Å². The predicted molar refractivity (Wildman–Crippen MR) is 96.9 cm³/mol. The molecule has 0 unspecified atom stereocenters. The lowest BCUT2D eigenvalue weighted by atomic mass is 9.86. The van der Waals surface area contributed by atoms with Crippen molar-refractivity contribution in [1.82, 2.24) is 5.32 Å². The zero-order valence-corrected chi connectivity index (χ0v) is 15.4. The fraction of sp³-hybridized carbons (Fsp3) is 0.632. The summed E-state index contributed by atoms with van der Waals surface area (Å²) >= 11 is 0. The number of nitrogens with one attached hydrogen (secondary N) is 2. The highest BCUT2D eigenvalue weighted by Gasteiger charge is 2.25. The molecule has 0 spiro atoms. The Labute approximate surface area is 145 Å². The van der Waals surface area contributed by atoms with E-state index < -0.39 is 0 Å². The van der Waals surface area contributed by atoms with Gasteiger partial charge in [-0.25, -0.2) is 0 Å². The molecular weight excluding hydrogens is 304 g/mol. The number of methoxy groups -OCH3 is 2. The molecule has 0 saturated heterocycles. The molecule has 1 aromatic rings. The number of anilines is 1. The van der Waals surface area contributed by atoms with Crippen LogP contribution in [0.25, 0.3) is 0 Å². The lowest BCUT2D eigenvalue weighted by Crippen LogP contribution is -2.46. The zero-order valence-electron chi connectivity index (χ0n) is 15.4. The summed E-state index contributed by atoms with van der Waals surface area (Å²) in [5.41, 5.74) is 1.89. The topological polar surface area (TPSA) is 59.6 Å². The second kappa shape index (κ2) is 8.27. The van der Waals surface area contributed by atoms with E-state index in [0.717, 1.165) is 17.7 Å². The van der Waals surface area contributed by atoms with Crippen LogP contribution in [0.3, 0.4) is 0 Å². The molecule has 3 atom stereocenters. The molecule has 1 aliphatic carbocycles. The van der Waals surface area contributed by atoms with E-state index >= 15 is 0 Å². The summed E-state index contributed by atoms with van der Waals surface area (Å²) in [5, 5.41) is 6.49. The average molecular weight is 334 g/mol. The Morgan fingerprint density at radius 1 is 1.17 bits per heavy atom. The predicted octanol–water partition coefficient (Wildman–Crippen LogP) is 3.51. The van der Waals surface area contributed by atoms with E-state index in [9.17, 15) is 4.79 Å². The molecule has 134 valence electrons. The van der Waals surface area contributed by atoms with Crippen LogP contribution in [0.5, 0.6) is 11.5 Å². The third kappa shape index (κ3) is 4.34. The molecule has 2 N–H and O–H groups in total. The van der Waals surface area contributed by atoms with E-state index in [2.05, 4.69) is 17.6 Å². The van der Waals surface area contributed by atoms with E-state index in [4.69, 9.17) is 9.47 Å². The molecule has 5 heteroatoms. The molecular formula is C19H30N2O3. The van der Waals surface area contributed by atoms with Crippen LogP contribution in [0.4, 0.5) is 5.69 Å². The lowest BCUT2D eigenvalue weighted by Gasteiger charge is -2.30. The highest BCUT2D eigenvalue weighted by atomic mass is 16.5. The van der Waals surface area contributed by atoms with Crippen LogP contribution in [0, 0.1) is 12.8 Å². The molecule has 1 amide bonds. The largest absolute Gasteiger partial charge is 0.493 e. The van der Waals surface area contributed by atoms with Gasteiger partial charge in [-0.3, -0.25) is 4.79 Å². The molecule has 0 heterocycles. The summed E-state index contributed by atoms with van der Waals surface area (Å²) in [5.74, 6) is 1.94. The van der Waals surface area contributed by atoms with Gasteiger partial charge in [0.25, 0.3) is 0 Å². The van der Waals surface area contributed by atoms with Gasteiger partial charge in [0.1, 0.15) is 6.04 Å². The monoisotopic (exact) mass is 334 g/mol. The number of benzene rings is 1. The van der Waals surface area contributed by atoms with Crippen LogP contribution in [-0.2, 0) is 4.79 Å². The quantitative estimate of drug-likeness (QED) is 0.836. The fourth-order valence-corrected chi connectivity index (χ4v) is 3.27. The van der Waals surface area contributed by atoms with E-state index in [1.165, 1.54) is 19.3 Å². The zero-order chi connectivity index (χ0) is 17.7. The van der Waals surface area contributed by atoms with Crippen molar-refractivity contribution in [2.45, 2.75) is 58.5 Å². The first-order chi connectivity index (χ1) is 11.5. The number of hydrogen-bond donors (Lipinski definition) is 2. The summed E-state index contributed by atoms with van der Waals surface area (Å²) in [4.78, 5) is 12.5. The number of carbonyl (C=O) groups is 1. The van der Waals surface area contributed by atoms with Crippen molar-refractivity contribution in [1.29, 1.82) is 0 Å². The minimum absolute atomic E-state index is 0.0444. The molecule has 1 aliphatic rings. The average Bonchev–Trinajstić information content (AvgIpc) is 2.58. The number of carbonyl (C=O) groups excluding carboxylic acids is 1. The number of ether oxygens (including phenoxy) is 2. The summed E-state index contributed by atoms with van der Waals surface area (Å²) in [7, 11) is 3.23. The van der Waals surface area contributed by atoms with E-state index in [1.54, 1.807) is 14.2 Å². The van der Waals surface area contributed by atoms with Crippen LogP contribution in [0.15, 0.2) is 12.1 Å². The van der Waals surface area contributed by atoms with E-state index in [-0.39, 0.29) is 11.9 Å². The smallest absolute Gasteiger partial charge is 0.242 e. The number of amides is 1. The fourth-order valence-electron chi connectivity index (χ4n) is 3.27. The van der Waals surface area contributed by atoms with Gasteiger partial charge in [-0.05, 0) is 44.2 Å². The number of hydrogen-bond acceptors (Lipinski definition) is 4. The Bertz CT molecular complexity index is 574. The van der Waals surface area contributed by atoms with Crippen molar-refractivity contribution in [2.75, 3.05) is 19.5 Å². The third-order valence-electron chi connectivity index (χ3n) is 4.93. The van der Waals surface area contributed by atoms with Gasteiger partial charge in [0.05, 0.1) is 14.2 Å². The molecule has 0 radical (unpaired) electrons. The van der Waals surface area contributed by atoms with Gasteiger partial charge in [-0.15, -0.1) is 0 Å². The molecule has 1 fully saturated rings. The van der Waals surface area contributed by atoms with Crippen LogP contribution in [-0.4, -0.2) is 32.2 Å². The molecule has 24 heavy (non-hydrogen) atoms. The van der Waals surface area contributed by atoms with Crippen molar-refractivity contribution in [3.05, 3.63) is 17.7 Å². The molecule has 5 nitrogen and oxygen atoms in total. The van der Waals surface area contributed by atoms with Crippen molar-refractivity contribution >= 4 is 11.6 Å². The second-order valence-corrected chi connectivity index (χ2v) is 6.76. The lowest BCUT2D eigenvalue weighted by molar-refractivity contribution is -0.122. The molecule has 1 saturated carbocycles. The van der Waals surface area contributed by atoms with Gasteiger partial charge in [0.15, 0.2) is 11.5 Å². The van der Waals surface area contributed by atoms with Gasteiger partial charge in [-0.2, -0.15) is 0 Å². The van der Waals surface area contributed by atoms with Crippen LogP contribution < -0.4 is 20.1 Å². The first kappa shape index (κ1) is 18.4. The van der Waals surface area contributed by atoms with Crippen molar-refractivity contribution in [3.8, 4) is 11.5 Å². The first-order valence-corrected chi connectivity index (χ1v) is 8.75. The Kier molecular flexibility index (Phi) is 6.35. The Morgan fingerprint density at radius 3 is 2.42 bits per heavy atom. The maximum Gasteiger partial charge on any atom is 0.242 e. The second-order valence-electron chi connectivity index (χ2n) is 6.76. The number of aryl methyl sites for hydroxylation is 1. The maximum atomic E-state index is 12.5. The van der Waals surface area contributed by atoms with Gasteiger partial charge >= 0.3 is 0 Å². The summed E-state index contributed by atoms with van der Waals surface area (Å²) in [6.45, 7) is 6.10. The van der Waals surface area contributed by atoms with Crippen LogP contribution in [0.2, 0.25) is 0 Å². The highest BCUT2D eigenvalue weighted by molar-refractivity contribution is 5.85. The van der Waals surface area contributed by atoms with Crippen molar-refractivity contribution in [3.63, 3.8) is 0 Å². The van der Waals surface area contributed by atoms with E-state index in [0.29, 0.717) is 23.5 Å². The number of rotatable bonds is 6. The Balaban J connectivity index is 2.03. The Morgan fingerprint density at radius 2 is 1.79 bits per heavy atom. The van der Waals surface area contributed by atoms with E-state index in [1.807, 2.05) is 26.0 Å². The van der Waals surface area contributed by atoms with Crippen LogP contribution in [0.1, 0.15) is 45.1 Å². The standard InChI is InChI=1S/C19H30N2O3/c1-12-8-6-7-9-15(12)21-19(22)14(3)20-16-11-18(24-5)17(23-4)10-13(16)2/h10-12,14-15,20H,6-9H2,1-5H3,(H,21,22)/t12-,14+,15+/m0/s1. The minimum Gasteiger partial charge on any atom is -0.493 e. The Hall–Kier alpha value is -1.91. The van der Waals surface area contributed by atoms with Gasteiger partial charge in [-0.1, -0.05) is 19.8 Å². The maximum absolute atomic E-state index is 12.5. The summed E-state index contributed by atoms with van der Waals surface area (Å²) in [6.07, 6.45) is 4.74. The summed E-state index contributed by atoms with van der Waals surface area (Å²) < 4.78 is 10.6. The van der Waals surface area contributed by atoms with Gasteiger partial charge in [0, 0.05) is 17.8 Å². The minimum atomic E-state index is -0.309. The van der Waals surface area contributed by atoms with Crippen molar-refractivity contribution < 1.29 is 14.3 Å². The normalized spacial score (nSPS) is 21.7. The van der Waals surface area contributed by atoms with Gasteiger partial charge < -0.3 is 20.1 Å². The van der Waals surface area contributed by atoms with Gasteiger partial charge in [0.2, 0.25) is 5.91 Å². The van der Waals surface area contributed by atoms with Crippen LogP contribution >= 0.6 is 0 Å². The SMILES string of the molecule is COc1cc(C)c(N[C@H](C)C(=O)N[C@@H]2CCCC[C@@H]2C)cc1OC.